The van der Waals surface area contributed by atoms with Gasteiger partial charge in [0, 0.05) is 19.5 Å². The largest absolute Gasteiger partial charge is 0.354 e. The van der Waals surface area contributed by atoms with Crippen molar-refractivity contribution in [3.63, 3.8) is 0 Å². The minimum Gasteiger partial charge on any atom is -0.354 e. The molecule has 1 atom stereocenters. The van der Waals surface area contributed by atoms with Crippen molar-refractivity contribution in [1.29, 1.82) is 0 Å². The highest BCUT2D eigenvalue weighted by Crippen LogP contribution is 2.24. The Morgan fingerprint density at radius 2 is 1.73 bits per heavy atom. The first-order valence-electron chi connectivity index (χ1n) is 8.68. The highest BCUT2D eigenvalue weighted by Gasteiger charge is 2.22. The molecule has 1 saturated heterocycles. The van der Waals surface area contributed by atoms with Crippen LogP contribution in [0.3, 0.4) is 0 Å². The van der Waals surface area contributed by atoms with Gasteiger partial charge in [-0.15, -0.1) is 12.4 Å². The Morgan fingerprint density at radius 1 is 1.15 bits per heavy atom. The first kappa shape index (κ1) is 22.3. The molecule has 26 heavy (non-hydrogen) atoms. The van der Waals surface area contributed by atoms with E-state index in [1.54, 1.807) is 0 Å². The fourth-order valence-corrected chi connectivity index (χ4v) is 3.13. The van der Waals surface area contributed by atoms with Gasteiger partial charge in [0.2, 0.25) is 5.91 Å². The maximum atomic E-state index is 13.5. The molecule has 146 valence electrons. The first-order chi connectivity index (χ1) is 12.0. The fourth-order valence-electron chi connectivity index (χ4n) is 3.13. The lowest BCUT2D eigenvalue weighted by Crippen LogP contribution is -2.37. The third-order valence-electron chi connectivity index (χ3n) is 4.62. The van der Waals surface area contributed by atoms with Gasteiger partial charge in [0.15, 0.2) is 0 Å². The molecular formula is C18H26ClF2N3O2. The number of hydrogen-bond acceptors (Lipinski definition) is 3. The van der Waals surface area contributed by atoms with Gasteiger partial charge >= 0.3 is 0 Å². The van der Waals surface area contributed by atoms with Gasteiger partial charge in [0.25, 0.3) is 5.91 Å². The van der Waals surface area contributed by atoms with E-state index < -0.39 is 23.1 Å². The number of rotatable bonds is 7. The molecule has 1 heterocycles. The van der Waals surface area contributed by atoms with Crippen molar-refractivity contribution in [2.75, 3.05) is 26.2 Å². The summed E-state index contributed by atoms with van der Waals surface area (Å²) in [4.78, 5) is 23.8. The average molecular weight is 390 g/mol. The molecule has 1 unspecified atom stereocenters. The van der Waals surface area contributed by atoms with Crippen LogP contribution in [0.15, 0.2) is 18.2 Å². The molecule has 1 aromatic rings. The van der Waals surface area contributed by atoms with Crippen molar-refractivity contribution in [1.82, 2.24) is 16.0 Å². The van der Waals surface area contributed by atoms with Gasteiger partial charge in [0.1, 0.15) is 17.2 Å². The van der Waals surface area contributed by atoms with Crippen molar-refractivity contribution >= 4 is 24.2 Å². The molecule has 0 radical (unpaired) electrons. The molecule has 1 aliphatic heterocycles. The van der Waals surface area contributed by atoms with E-state index in [0.717, 1.165) is 38.1 Å². The molecular weight excluding hydrogens is 364 g/mol. The van der Waals surface area contributed by atoms with Crippen molar-refractivity contribution < 1.29 is 18.4 Å². The molecule has 0 spiro atoms. The van der Waals surface area contributed by atoms with Crippen LogP contribution in [0.25, 0.3) is 0 Å². The summed E-state index contributed by atoms with van der Waals surface area (Å²) in [6.07, 6.45) is 2.61. The van der Waals surface area contributed by atoms with E-state index in [9.17, 15) is 18.4 Å². The highest BCUT2D eigenvalue weighted by atomic mass is 35.5. The maximum absolute atomic E-state index is 13.5. The van der Waals surface area contributed by atoms with Crippen LogP contribution in [0.2, 0.25) is 0 Å². The Kier molecular flexibility index (Phi) is 9.51. The van der Waals surface area contributed by atoms with Crippen LogP contribution < -0.4 is 16.0 Å². The lowest BCUT2D eigenvalue weighted by Gasteiger charge is -2.27. The lowest BCUT2D eigenvalue weighted by atomic mass is 9.84. The second-order valence-corrected chi connectivity index (χ2v) is 6.47. The number of piperidine rings is 1. The number of carbonyl (C=O) groups is 2. The first-order valence-corrected chi connectivity index (χ1v) is 8.68. The lowest BCUT2D eigenvalue weighted by molar-refractivity contribution is -0.122. The molecule has 1 aliphatic rings. The topological polar surface area (TPSA) is 70.2 Å². The zero-order chi connectivity index (χ0) is 18.2. The normalized spacial score (nSPS) is 15.7. The van der Waals surface area contributed by atoms with Crippen molar-refractivity contribution in [3.8, 4) is 0 Å². The predicted molar refractivity (Wildman–Crippen MR) is 98.3 cm³/mol. The van der Waals surface area contributed by atoms with E-state index in [2.05, 4.69) is 22.9 Å². The smallest absolute Gasteiger partial charge is 0.257 e. The minimum absolute atomic E-state index is 0. The van der Waals surface area contributed by atoms with Crippen LogP contribution in [0.4, 0.5) is 8.78 Å². The number of halogens is 3. The van der Waals surface area contributed by atoms with Gasteiger partial charge in [-0.25, -0.2) is 8.78 Å². The predicted octanol–water partition coefficient (Wildman–Crippen LogP) is 2.26. The molecule has 0 aliphatic carbocycles. The number of carbonyl (C=O) groups excluding carboxylic acids is 2. The zero-order valence-electron chi connectivity index (χ0n) is 14.8. The summed E-state index contributed by atoms with van der Waals surface area (Å²) in [5.74, 6) is -1.85. The molecule has 2 rings (SSSR count). The average Bonchev–Trinajstić information content (AvgIpc) is 2.59. The third kappa shape index (κ3) is 6.53. The quantitative estimate of drug-likeness (QED) is 0.626. The Bertz CT molecular complexity index is 590. The maximum Gasteiger partial charge on any atom is 0.257 e. The molecule has 0 saturated carbocycles. The summed E-state index contributed by atoms with van der Waals surface area (Å²) in [7, 11) is 0. The van der Waals surface area contributed by atoms with Crippen LogP contribution in [0, 0.1) is 23.5 Å². The van der Waals surface area contributed by atoms with Crippen LogP contribution >= 0.6 is 12.4 Å². The molecule has 1 aromatic carbocycles. The van der Waals surface area contributed by atoms with Crippen LogP contribution in [-0.4, -0.2) is 38.0 Å². The highest BCUT2D eigenvalue weighted by molar-refractivity contribution is 5.94. The molecule has 0 bridgehead atoms. The van der Waals surface area contributed by atoms with Crippen LogP contribution in [0.5, 0.6) is 0 Å². The van der Waals surface area contributed by atoms with Gasteiger partial charge in [-0.3, -0.25) is 9.59 Å². The monoisotopic (exact) mass is 389 g/mol. The van der Waals surface area contributed by atoms with E-state index >= 15 is 0 Å². The molecule has 8 heteroatoms. The number of nitrogens with one attached hydrogen (secondary N) is 3. The molecule has 5 nitrogen and oxygen atoms in total. The minimum atomic E-state index is -0.905. The van der Waals surface area contributed by atoms with Gasteiger partial charge in [-0.1, -0.05) is 13.0 Å². The summed E-state index contributed by atoms with van der Waals surface area (Å²) in [6.45, 7) is 4.41. The Morgan fingerprint density at radius 3 is 2.35 bits per heavy atom. The van der Waals surface area contributed by atoms with E-state index in [0.29, 0.717) is 18.3 Å². The molecule has 2 amide bonds. The van der Waals surface area contributed by atoms with Crippen molar-refractivity contribution in [2.24, 2.45) is 11.8 Å². The third-order valence-corrected chi connectivity index (χ3v) is 4.62. The fraction of sp³-hybridized carbons (Fsp3) is 0.556. The van der Waals surface area contributed by atoms with E-state index in [-0.39, 0.29) is 31.4 Å². The summed E-state index contributed by atoms with van der Waals surface area (Å²) < 4.78 is 27.0. The van der Waals surface area contributed by atoms with E-state index in [4.69, 9.17) is 0 Å². The second kappa shape index (κ2) is 11.1. The molecule has 0 aromatic heterocycles. The number of benzene rings is 1. The second-order valence-electron chi connectivity index (χ2n) is 6.47. The molecule has 3 N–H and O–H groups in total. The Hall–Kier alpha value is -1.73. The van der Waals surface area contributed by atoms with Crippen molar-refractivity contribution in [2.45, 2.75) is 26.2 Å². The van der Waals surface area contributed by atoms with Gasteiger partial charge in [-0.05, 0) is 49.9 Å². The Balaban J connectivity index is 0.00000338. The van der Waals surface area contributed by atoms with E-state index in [1.165, 1.54) is 6.07 Å². The zero-order valence-corrected chi connectivity index (χ0v) is 15.6. The summed E-state index contributed by atoms with van der Waals surface area (Å²) in [6, 6.07) is 3.26. The summed E-state index contributed by atoms with van der Waals surface area (Å²) in [5, 5.41) is 8.45. The summed E-state index contributed by atoms with van der Waals surface area (Å²) >= 11 is 0. The van der Waals surface area contributed by atoms with Gasteiger partial charge in [0.05, 0.1) is 0 Å². The number of hydrogen-bond donors (Lipinski definition) is 3. The van der Waals surface area contributed by atoms with E-state index in [1.807, 2.05) is 0 Å². The number of amides is 2. The van der Waals surface area contributed by atoms with Crippen molar-refractivity contribution in [3.05, 3.63) is 35.4 Å². The summed E-state index contributed by atoms with van der Waals surface area (Å²) in [5.41, 5.74) is -0.603. The van der Waals surface area contributed by atoms with Gasteiger partial charge < -0.3 is 16.0 Å². The van der Waals surface area contributed by atoms with Gasteiger partial charge in [-0.2, -0.15) is 0 Å². The van der Waals surface area contributed by atoms with Crippen LogP contribution in [-0.2, 0) is 4.79 Å². The molecule has 1 fully saturated rings. The Labute approximate surface area is 158 Å². The standard InChI is InChI=1S/C18H25F2N3O2.ClH/c1-12(13-5-7-21-8-6-13)11-16(24)22-9-10-23-18(25)17-14(19)3-2-4-15(17)20;/h2-4,12-13,21H,5-11H2,1H3,(H,22,24)(H,23,25);1H. The SMILES string of the molecule is CC(CC(=O)NCCNC(=O)c1c(F)cccc1F)C1CCNCC1.Cl. The van der Waals surface area contributed by atoms with Crippen LogP contribution in [0.1, 0.15) is 36.5 Å².